The number of hydrogen-bond donors (Lipinski definition) is 3. The zero-order valence-electron chi connectivity index (χ0n) is 13.1. The summed E-state index contributed by atoms with van der Waals surface area (Å²) >= 11 is 0. The number of halogens is 3. The van der Waals surface area contributed by atoms with Crippen molar-refractivity contribution in [2.45, 2.75) is 37.9 Å². The predicted octanol–water partition coefficient (Wildman–Crippen LogP) is 2.95. The van der Waals surface area contributed by atoms with Crippen LogP contribution in [0, 0.1) is 5.92 Å². The van der Waals surface area contributed by atoms with E-state index in [9.17, 15) is 22.8 Å². The molecule has 3 N–H and O–H groups in total. The number of carboxylic acids is 1. The molecule has 0 unspecified atom stereocenters. The average molecular weight is 355 g/mol. The van der Waals surface area contributed by atoms with E-state index in [1.807, 2.05) is 0 Å². The number of aromatic nitrogens is 2. The first kappa shape index (κ1) is 17.2. The van der Waals surface area contributed by atoms with Gasteiger partial charge in [0.15, 0.2) is 0 Å². The Morgan fingerprint density at radius 2 is 1.88 bits per heavy atom. The highest BCUT2D eigenvalue weighted by Gasteiger charge is 2.34. The largest absolute Gasteiger partial charge is 0.481 e. The van der Waals surface area contributed by atoms with Gasteiger partial charge in [-0.1, -0.05) is 0 Å². The highest BCUT2D eigenvalue weighted by atomic mass is 19.4. The van der Waals surface area contributed by atoms with Gasteiger partial charge in [-0.15, -0.1) is 0 Å². The number of amides is 1. The molecule has 2 aromatic rings. The van der Waals surface area contributed by atoms with E-state index in [1.165, 1.54) is 18.2 Å². The van der Waals surface area contributed by atoms with Gasteiger partial charge in [-0.3, -0.25) is 9.59 Å². The summed E-state index contributed by atoms with van der Waals surface area (Å²) in [6, 6.07) is 3.97. The molecule has 1 aromatic heterocycles. The number of nitrogens with one attached hydrogen (secondary N) is 2. The van der Waals surface area contributed by atoms with Crippen molar-refractivity contribution < 1.29 is 27.9 Å². The molecule has 1 aliphatic carbocycles. The molecule has 0 spiro atoms. The maximum Gasteiger partial charge on any atom is 0.449 e. The average Bonchev–Trinajstić information content (AvgIpc) is 2.98. The Hall–Kier alpha value is -2.58. The summed E-state index contributed by atoms with van der Waals surface area (Å²) in [5, 5.41) is 11.8. The molecule has 0 aliphatic heterocycles. The quantitative estimate of drug-likeness (QED) is 0.789. The minimum Gasteiger partial charge on any atom is -0.481 e. The zero-order chi connectivity index (χ0) is 18.2. The summed E-state index contributed by atoms with van der Waals surface area (Å²) in [6.07, 6.45) is -2.46. The van der Waals surface area contributed by atoms with Crippen LogP contribution in [0.4, 0.5) is 13.2 Å². The third-order valence-electron chi connectivity index (χ3n) is 4.42. The maximum atomic E-state index is 12.7. The lowest BCUT2D eigenvalue weighted by atomic mass is 9.86. The number of rotatable bonds is 3. The molecule has 1 aliphatic rings. The van der Waals surface area contributed by atoms with E-state index in [4.69, 9.17) is 5.11 Å². The van der Waals surface area contributed by atoms with Crippen molar-refractivity contribution in [1.82, 2.24) is 15.3 Å². The van der Waals surface area contributed by atoms with Gasteiger partial charge in [0.1, 0.15) is 0 Å². The molecule has 3 rings (SSSR count). The van der Waals surface area contributed by atoms with E-state index < -0.39 is 23.9 Å². The van der Waals surface area contributed by atoms with Gasteiger partial charge in [0.05, 0.1) is 17.0 Å². The van der Waals surface area contributed by atoms with E-state index in [0.717, 1.165) is 0 Å². The molecule has 0 radical (unpaired) electrons. The predicted molar refractivity (Wildman–Crippen MR) is 81.9 cm³/mol. The van der Waals surface area contributed by atoms with Crippen LogP contribution in [0.25, 0.3) is 11.0 Å². The molecule has 0 atom stereocenters. The molecule has 1 saturated carbocycles. The van der Waals surface area contributed by atoms with Crippen LogP contribution in [0.1, 0.15) is 41.9 Å². The van der Waals surface area contributed by atoms with Crippen molar-refractivity contribution in [3.8, 4) is 0 Å². The van der Waals surface area contributed by atoms with Crippen LogP contribution in [0.5, 0.6) is 0 Å². The molecule has 9 heteroatoms. The number of H-pyrrole nitrogens is 1. The Kier molecular flexibility index (Phi) is 4.40. The molecule has 25 heavy (non-hydrogen) atoms. The molecule has 0 bridgehead atoms. The van der Waals surface area contributed by atoms with E-state index in [2.05, 4.69) is 15.3 Å². The third-order valence-corrected chi connectivity index (χ3v) is 4.42. The van der Waals surface area contributed by atoms with Crippen molar-refractivity contribution in [2.24, 2.45) is 5.92 Å². The van der Waals surface area contributed by atoms with Gasteiger partial charge >= 0.3 is 12.1 Å². The van der Waals surface area contributed by atoms with Crippen molar-refractivity contribution >= 4 is 22.9 Å². The summed E-state index contributed by atoms with van der Waals surface area (Å²) in [5.41, 5.74) is 0.491. The van der Waals surface area contributed by atoms with Gasteiger partial charge in [-0.25, -0.2) is 4.98 Å². The summed E-state index contributed by atoms with van der Waals surface area (Å²) in [5.74, 6) is -2.71. The summed E-state index contributed by atoms with van der Waals surface area (Å²) in [4.78, 5) is 28.8. The molecular formula is C16H16F3N3O3. The number of benzene rings is 1. The summed E-state index contributed by atoms with van der Waals surface area (Å²) < 4.78 is 38.0. The highest BCUT2D eigenvalue weighted by Crippen LogP contribution is 2.29. The van der Waals surface area contributed by atoms with E-state index in [0.29, 0.717) is 25.7 Å². The fraction of sp³-hybridized carbons (Fsp3) is 0.438. The second-order valence-corrected chi connectivity index (χ2v) is 6.18. The van der Waals surface area contributed by atoms with Crippen LogP contribution in [-0.4, -0.2) is 33.0 Å². The van der Waals surface area contributed by atoms with Crippen LogP contribution >= 0.6 is 0 Å². The Labute approximate surface area is 140 Å². The fourth-order valence-corrected chi connectivity index (χ4v) is 3.04. The first-order valence-corrected chi connectivity index (χ1v) is 7.84. The first-order chi connectivity index (χ1) is 11.7. The second-order valence-electron chi connectivity index (χ2n) is 6.18. The lowest BCUT2D eigenvalue weighted by molar-refractivity contribution is -0.144. The van der Waals surface area contributed by atoms with Crippen LogP contribution in [0.3, 0.4) is 0 Å². The molecule has 6 nitrogen and oxygen atoms in total. The first-order valence-electron chi connectivity index (χ1n) is 7.84. The van der Waals surface area contributed by atoms with E-state index in [1.54, 1.807) is 0 Å². The summed E-state index contributed by atoms with van der Waals surface area (Å²) in [6.45, 7) is 0. The number of hydrogen-bond acceptors (Lipinski definition) is 3. The number of aromatic amines is 1. The molecule has 134 valence electrons. The van der Waals surface area contributed by atoms with Crippen LogP contribution in [-0.2, 0) is 11.0 Å². The normalized spacial score (nSPS) is 21.2. The van der Waals surface area contributed by atoms with Crippen LogP contribution in [0.15, 0.2) is 18.2 Å². The number of carbonyl (C=O) groups excluding carboxylic acids is 1. The lowest BCUT2D eigenvalue weighted by Crippen LogP contribution is -2.38. The van der Waals surface area contributed by atoms with Gasteiger partial charge in [0.2, 0.25) is 5.82 Å². The van der Waals surface area contributed by atoms with Crippen molar-refractivity contribution in [3.05, 3.63) is 29.6 Å². The Morgan fingerprint density at radius 3 is 2.48 bits per heavy atom. The number of imidazole rings is 1. The topological polar surface area (TPSA) is 95.1 Å². The number of carboxylic acid groups (broad SMARTS) is 1. The van der Waals surface area contributed by atoms with Gasteiger partial charge in [-0.2, -0.15) is 13.2 Å². The molecule has 1 fully saturated rings. The number of alkyl halides is 3. The number of carbonyl (C=O) groups is 2. The highest BCUT2D eigenvalue weighted by molar-refractivity contribution is 5.97. The van der Waals surface area contributed by atoms with Crippen LogP contribution < -0.4 is 5.32 Å². The van der Waals surface area contributed by atoms with Crippen LogP contribution in [0.2, 0.25) is 0 Å². The SMILES string of the molecule is O=C(NC1CCC(C(=O)O)CC1)c1ccc2nc(C(F)(F)F)[nH]c2c1. The maximum absolute atomic E-state index is 12.7. The monoisotopic (exact) mass is 355 g/mol. The summed E-state index contributed by atoms with van der Waals surface area (Å²) in [7, 11) is 0. The smallest absolute Gasteiger partial charge is 0.449 e. The standard InChI is InChI=1S/C16H16F3N3O3/c17-16(18,19)15-21-11-6-3-9(7-12(11)22-15)13(23)20-10-4-1-8(2-5-10)14(24)25/h3,6-8,10H,1-2,4-5H2,(H,20,23)(H,21,22)(H,24,25). The molecule has 1 amide bonds. The van der Waals surface area contributed by atoms with Crippen molar-refractivity contribution in [1.29, 1.82) is 0 Å². The van der Waals surface area contributed by atoms with Crippen molar-refractivity contribution in [3.63, 3.8) is 0 Å². The zero-order valence-corrected chi connectivity index (χ0v) is 13.1. The molecule has 0 saturated heterocycles. The number of aliphatic carboxylic acids is 1. The minimum absolute atomic E-state index is 0.130. The number of nitrogens with zero attached hydrogens (tertiary/aromatic N) is 1. The van der Waals surface area contributed by atoms with E-state index in [-0.39, 0.29) is 28.6 Å². The van der Waals surface area contributed by atoms with Gasteiger partial charge in [0.25, 0.3) is 5.91 Å². The van der Waals surface area contributed by atoms with E-state index >= 15 is 0 Å². The molecule has 1 heterocycles. The van der Waals surface area contributed by atoms with Gasteiger partial charge in [0, 0.05) is 11.6 Å². The molecular weight excluding hydrogens is 339 g/mol. The van der Waals surface area contributed by atoms with Crippen molar-refractivity contribution in [2.75, 3.05) is 0 Å². The minimum atomic E-state index is -4.58. The fourth-order valence-electron chi connectivity index (χ4n) is 3.04. The Balaban J connectivity index is 1.69. The van der Waals surface area contributed by atoms with Gasteiger partial charge < -0.3 is 15.4 Å². The lowest BCUT2D eigenvalue weighted by Gasteiger charge is -2.26. The second kappa shape index (κ2) is 6.38. The Bertz CT molecular complexity index is 808. The third kappa shape index (κ3) is 3.75. The number of fused-ring (bicyclic) bond motifs is 1. The Morgan fingerprint density at radius 1 is 1.20 bits per heavy atom. The van der Waals surface area contributed by atoms with Gasteiger partial charge in [-0.05, 0) is 43.9 Å². The molecule has 1 aromatic carbocycles.